The number of hydrogen-bond donors (Lipinski definition) is 1. The molecule has 1 saturated carbocycles. The van der Waals surface area contributed by atoms with Crippen molar-refractivity contribution in [1.29, 1.82) is 0 Å². The van der Waals surface area contributed by atoms with Crippen molar-refractivity contribution in [2.45, 2.75) is 64.5 Å². The maximum Gasteiger partial charge on any atom is 0.330 e. The van der Waals surface area contributed by atoms with E-state index in [-0.39, 0.29) is 11.7 Å². The summed E-state index contributed by atoms with van der Waals surface area (Å²) in [5.41, 5.74) is 4.57. The van der Waals surface area contributed by atoms with Gasteiger partial charge in [0, 0.05) is 23.4 Å². The van der Waals surface area contributed by atoms with Gasteiger partial charge in [0.2, 0.25) is 0 Å². The molecule has 34 heavy (non-hydrogen) atoms. The van der Waals surface area contributed by atoms with Crippen LogP contribution in [0, 0.1) is 0 Å². The second-order valence-corrected chi connectivity index (χ2v) is 9.22. The predicted octanol–water partition coefficient (Wildman–Crippen LogP) is 5.05. The van der Waals surface area contributed by atoms with E-state index >= 15 is 0 Å². The fraction of sp³-hybridized carbons (Fsp3) is 0.400. The van der Waals surface area contributed by atoms with Crippen LogP contribution in [0.15, 0.2) is 47.4 Å². The van der Waals surface area contributed by atoms with Crippen molar-refractivity contribution < 1.29 is 0 Å². The third-order valence-electron chi connectivity index (χ3n) is 6.62. The number of imidazole rings is 1. The Balaban J connectivity index is 1.46. The molecule has 0 unspecified atom stereocenters. The highest BCUT2D eigenvalue weighted by atomic mass is 35.5. The number of rotatable bonds is 7. The maximum atomic E-state index is 13.5. The Hall–Kier alpha value is -3.26. The lowest BCUT2D eigenvalue weighted by Gasteiger charge is -2.22. The molecule has 0 spiro atoms. The Labute approximate surface area is 203 Å². The van der Waals surface area contributed by atoms with Gasteiger partial charge in [0.05, 0.1) is 17.9 Å². The molecule has 176 valence electrons. The van der Waals surface area contributed by atoms with Gasteiger partial charge >= 0.3 is 5.69 Å². The molecule has 0 amide bonds. The van der Waals surface area contributed by atoms with E-state index in [1.807, 2.05) is 45.5 Å². The molecule has 0 atom stereocenters. The first-order valence-corrected chi connectivity index (χ1v) is 12.3. The molecule has 0 radical (unpaired) electrons. The van der Waals surface area contributed by atoms with Gasteiger partial charge in [-0.2, -0.15) is 0 Å². The molecule has 0 bridgehead atoms. The number of tetrazole rings is 1. The molecule has 5 rings (SSSR count). The summed E-state index contributed by atoms with van der Waals surface area (Å²) >= 11 is 6.80. The first-order valence-electron chi connectivity index (χ1n) is 11.9. The number of benzene rings is 1. The first-order chi connectivity index (χ1) is 16.7. The van der Waals surface area contributed by atoms with Crippen LogP contribution in [0.1, 0.15) is 62.7 Å². The summed E-state index contributed by atoms with van der Waals surface area (Å²) < 4.78 is 3.72. The Morgan fingerprint density at radius 1 is 1.12 bits per heavy atom. The van der Waals surface area contributed by atoms with E-state index in [2.05, 4.69) is 32.5 Å². The molecular formula is C25H28ClN7O. The molecule has 8 nitrogen and oxygen atoms in total. The molecule has 0 aliphatic heterocycles. The van der Waals surface area contributed by atoms with Gasteiger partial charge in [-0.25, -0.2) is 9.89 Å². The summed E-state index contributed by atoms with van der Waals surface area (Å²) in [6.07, 6.45) is 9.07. The summed E-state index contributed by atoms with van der Waals surface area (Å²) in [4.78, 5) is 18.0. The molecule has 9 heteroatoms. The Morgan fingerprint density at radius 3 is 2.62 bits per heavy atom. The second kappa shape index (κ2) is 9.93. The fourth-order valence-electron chi connectivity index (χ4n) is 4.92. The van der Waals surface area contributed by atoms with Gasteiger partial charge in [0.15, 0.2) is 5.82 Å². The Morgan fingerprint density at radius 2 is 1.91 bits per heavy atom. The van der Waals surface area contributed by atoms with Crippen molar-refractivity contribution in [3.05, 3.63) is 69.5 Å². The van der Waals surface area contributed by atoms with E-state index in [0.717, 1.165) is 66.6 Å². The molecule has 0 saturated heterocycles. The first kappa shape index (κ1) is 22.5. The number of pyridine rings is 1. The predicted molar refractivity (Wildman–Crippen MR) is 132 cm³/mol. The second-order valence-electron chi connectivity index (χ2n) is 8.86. The molecule has 1 aliphatic rings. The minimum atomic E-state index is 0.00857. The van der Waals surface area contributed by atoms with Crippen molar-refractivity contribution in [2.75, 3.05) is 0 Å². The lowest BCUT2D eigenvalue weighted by Crippen LogP contribution is -2.29. The normalized spacial score (nSPS) is 14.5. The van der Waals surface area contributed by atoms with E-state index in [4.69, 9.17) is 11.6 Å². The van der Waals surface area contributed by atoms with Gasteiger partial charge in [-0.05, 0) is 47.4 Å². The number of hydrogen-bond acceptors (Lipinski definition) is 5. The fourth-order valence-corrected chi connectivity index (χ4v) is 5.33. The maximum absolute atomic E-state index is 13.5. The van der Waals surface area contributed by atoms with Crippen molar-refractivity contribution >= 4 is 11.6 Å². The average molecular weight is 478 g/mol. The highest BCUT2D eigenvalue weighted by Gasteiger charge is 2.25. The van der Waals surface area contributed by atoms with Gasteiger partial charge in [-0.3, -0.25) is 14.1 Å². The number of aromatic nitrogens is 7. The topological polar surface area (TPSA) is 94.3 Å². The Bertz CT molecular complexity index is 1300. The number of halogens is 1. The zero-order valence-corrected chi connectivity index (χ0v) is 20.0. The average Bonchev–Trinajstić information content (AvgIpc) is 3.49. The van der Waals surface area contributed by atoms with E-state index in [1.165, 1.54) is 6.42 Å². The molecule has 4 aromatic rings. The van der Waals surface area contributed by atoms with Crippen LogP contribution in [0.2, 0.25) is 5.15 Å². The smallest absolute Gasteiger partial charge is 0.290 e. The van der Waals surface area contributed by atoms with Gasteiger partial charge in [0.25, 0.3) is 0 Å². The van der Waals surface area contributed by atoms with Crippen LogP contribution in [0.4, 0.5) is 0 Å². The molecule has 1 fully saturated rings. The highest BCUT2D eigenvalue weighted by molar-refractivity contribution is 6.30. The van der Waals surface area contributed by atoms with Crippen LogP contribution in [0.5, 0.6) is 0 Å². The summed E-state index contributed by atoms with van der Waals surface area (Å²) in [6, 6.07) is 12.1. The highest BCUT2D eigenvalue weighted by Crippen LogP contribution is 2.32. The lowest BCUT2D eigenvalue weighted by molar-refractivity contribution is 0.344. The zero-order valence-electron chi connectivity index (χ0n) is 19.2. The van der Waals surface area contributed by atoms with Crippen LogP contribution in [-0.4, -0.2) is 34.7 Å². The minimum Gasteiger partial charge on any atom is -0.290 e. The SMILES string of the molecule is CCCc1c(Cl)n(C2CCCCC2)c(=O)n1Cc1ccc(-c2ncccc2-c2nnn[nH]2)cc1. The Kier molecular flexibility index (Phi) is 6.58. The van der Waals surface area contributed by atoms with Crippen LogP contribution in [-0.2, 0) is 13.0 Å². The van der Waals surface area contributed by atoms with Crippen molar-refractivity contribution in [3.8, 4) is 22.6 Å². The van der Waals surface area contributed by atoms with Crippen LogP contribution < -0.4 is 5.69 Å². The third-order valence-corrected chi connectivity index (χ3v) is 7.02. The number of nitrogens with zero attached hydrogens (tertiary/aromatic N) is 6. The molecule has 1 aliphatic carbocycles. The van der Waals surface area contributed by atoms with Crippen LogP contribution in [0.3, 0.4) is 0 Å². The largest absolute Gasteiger partial charge is 0.330 e. The summed E-state index contributed by atoms with van der Waals surface area (Å²) in [5, 5.41) is 14.8. The van der Waals surface area contributed by atoms with Crippen molar-refractivity contribution in [1.82, 2.24) is 34.7 Å². The number of aromatic amines is 1. The standard InChI is InChI=1S/C25H28ClN7O/c1-2-7-21-23(26)33(19-8-4-3-5-9-19)25(34)32(21)16-17-11-13-18(14-12-17)22-20(10-6-15-27-22)24-28-30-31-29-24/h6,10-15,19H,2-5,7-9,16H2,1H3,(H,28,29,30,31). The zero-order chi connectivity index (χ0) is 23.5. The number of H-pyrrole nitrogens is 1. The molecule has 1 N–H and O–H groups in total. The third kappa shape index (κ3) is 4.30. The van der Waals surface area contributed by atoms with Crippen molar-refractivity contribution in [2.24, 2.45) is 0 Å². The van der Waals surface area contributed by atoms with E-state index in [1.54, 1.807) is 6.20 Å². The quantitative estimate of drug-likeness (QED) is 0.402. The molecular weight excluding hydrogens is 450 g/mol. The number of nitrogens with one attached hydrogen (secondary N) is 1. The van der Waals surface area contributed by atoms with Gasteiger partial charge in [-0.15, -0.1) is 5.10 Å². The summed E-state index contributed by atoms with van der Waals surface area (Å²) in [7, 11) is 0. The van der Waals surface area contributed by atoms with Gasteiger partial charge in [0.1, 0.15) is 5.15 Å². The van der Waals surface area contributed by atoms with Crippen LogP contribution >= 0.6 is 11.6 Å². The van der Waals surface area contributed by atoms with Gasteiger partial charge < -0.3 is 0 Å². The summed E-state index contributed by atoms with van der Waals surface area (Å²) in [5.74, 6) is 0.571. The van der Waals surface area contributed by atoms with E-state index in [9.17, 15) is 4.79 Å². The summed E-state index contributed by atoms with van der Waals surface area (Å²) in [6.45, 7) is 2.61. The van der Waals surface area contributed by atoms with E-state index < -0.39 is 0 Å². The van der Waals surface area contributed by atoms with Crippen LogP contribution in [0.25, 0.3) is 22.6 Å². The monoisotopic (exact) mass is 477 g/mol. The lowest BCUT2D eigenvalue weighted by atomic mass is 9.95. The molecule has 3 heterocycles. The van der Waals surface area contributed by atoms with E-state index in [0.29, 0.717) is 17.5 Å². The van der Waals surface area contributed by atoms with Crippen molar-refractivity contribution in [3.63, 3.8) is 0 Å². The minimum absolute atomic E-state index is 0.00857. The molecule has 1 aromatic carbocycles. The van der Waals surface area contributed by atoms with Gasteiger partial charge in [-0.1, -0.05) is 68.5 Å². The molecule has 3 aromatic heterocycles.